The van der Waals surface area contributed by atoms with Gasteiger partial charge in [0.15, 0.2) is 0 Å². The number of nitrogens with zero attached hydrogens (tertiary/aromatic N) is 2. The Labute approximate surface area is 223 Å². The number of hydroxylamine groups is 2. The van der Waals surface area contributed by atoms with Gasteiger partial charge in [0.25, 0.3) is 0 Å². The number of halogens is 3. The molecule has 2 heterocycles. The molecule has 1 aliphatic heterocycles. The molecule has 0 unspecified atom stereocenters. The highest BCUT2D eigenvalue weighted by Gasteiger charge is 2.36. The van der Waals surface area contributed by atoms with Gasteiger partial charge in [0.1, 0.15) is 17.2 Å². The largest absolute Gasteiger partial charge is 0.488 e. The number of carbonyl (C=O) groups is 2. The van der Waals surface area contributed by atoms with Crippen LogP contribution in [0.1, 0.15) is 42.5 Å². The molecule has 4 rings (SSSR count). The number of anilines is 1. The van der Waals surface area contributed by atoms with Crippen molar-refractivity contribution in [3.05, 3.63) is 69.9 Å². The molecule has 0 saturated carbocycles. The van der Waals surface area contributed by atoms with Crippen molar-refractivity contribution in [2.24, 2.45) is 0 Å². The summed E-state index contributed by atoms with van der Waals surface area (Å²) in [6.07, 6.45) is -3.16. The zero-order valence-electron chi connectivity index (χ0n) is 21.4. The SMILES string of the molecule is CC(C)(C)ON(C=O)CCC(=O)N1CCc2cc(OCc3cc(-c4ccccc4)c(C(F)(F)F)s3)ccc21. The summed E-state index contributed by atoms with van der Waals surface area (Å²) in [5.41, 5.74) is 1.78. The maximum atomic E-state index is 13.7. The van der Waals surface area contributed by atoms with Crippen molar-refractivity contribution in [3.8, 4) is 16.9 Å². The smallest absolute Gasteiger partial charge is 0.426 e. The summed E-state index contributed by atoms with van der Waals surface area (Å²) in [6, 6.07) is 15.3. The number of rotatable bonds is 9. The van der Waals surface area contributed by atoms with E-state index in [1.807, 2.05) is 26.8 Å². The predicted molar refractivity (Wildman–Crippen MR) is 140 cm³/mol. The number of ether oxygens (including phenoxy) is 1. The van der Waals surface area contributed by atoms with E-state index in [9.17, 15) is 22.8 Å². The summed E-state index contributed by atoms with van der Waals surface area (Å²) in [7, 11) is 0. The van der Waals surface area contributed by atoms with Crippen LogP contribution in [0.5, 0.6) is 5.75 Å². The first-order valence-corrected chi connectivity index (χ1v) is 13.0. The summed E-state index contributed by atoms with van der Waals surface area (Å²) in [4.78, 5) is 31.1. The molecule has 2 amide bonds. The molecule has 0 bridgehead atoms. The maximum Gasteiger partial charge on any atom is 0.426 e. The molecule has 3 aromatic rings. The minimum atomic E-state index is -4.46. The van der Waals surface area contributed by atoms with Crippen LogP contribution in [0.3, 0.4) is 0 Å². The molecule has 0 aliphatic carbocycles. The molecule has 10 heteroatoms. The van der Waals surface area contributed by atoms with Gasteiger partial charge in [-0.2, -0.15) is 13.2 Å². The van der Waals surface area contributed by atoms with E-state index in [1.165, 1.54) is 6.07 Å². The van der Waals surface area contributed by atoms with E-state index in [4.69, 9.17) is 9.57 Å². The lowest BCUT2D eigenvalue weighted by molar-refractivity contribution is -0.216. The van der Waals surface area contributed by atoms with E-state index in [0.717, 1.165) is 16.3 Å². The quantitative estimate of drug-likeness (QED) is 0.228. The van der Waals surface area contributed by atoms with Gasteiger partial charge in [-0.3, -0.25) is 14.4 Å². The van der Waals surface area contributed by atoms with Crippen molar-refractivity contribution < 1.29 is 32.3 Å². The highest BCUT2D eigenvalue weighted by molar-refractivity contribution is 7.12. The van der Waals surface area contributed by atoms with E-state index in [1.54, 1.807) is 47.4 Å². The Kier molecular flexibility index (Phi) is 8.13. The first kappa shape index (κ1) is 27.7. The minimum Gasteiger partial charge on any atom is -0.488 e. The molecule has 0 N–H and O–H groups in total. The van der Waals surface area contributed by atoms with Crippen molar-refractivity contribution >= 4 is 29.3 Å². The molecule has 1 aromatic heterocycles. The van der Waals surface area contributed by atoms with Gasteiger partial charge in [-0.25, -0.2) is 5.06 Å². The Morgan fingerprint density at radius 1 is 1.11 bits per heavy atom. The van der Waals surface area contributed by atoms with Crippen molar-refractivity contribution in [2.75, 3.05) is 18.0 Å². The standard InChI is InChI=1S/C28H29F3N2O4S/c1-27(2,3)37-32(18-34)13-12-25(35)33-14-11-20-15-21(9-10-24(20)33)36-17-22-16-23(19-7-5-4-6-8-19)26(38-22)28(29,30)31/h4-10,15-16,18H,11-14,17H2,1-3H3. The molecule has 0 fully saturated rings. The number of hydrogen-bond acceptors (Lipinski definition) is 5. The van der Waals surface area contributed by atoms with Gasteiger partial charge < -0.3 is 9.64 Å². The maximum absolute atomic E-state index is 13.7. The monoisotopic (exact) mass is 546 g/mol. The van der Waals surface area contributed by atoms with Gasteiger partial charge in [0.2, 0.25) is 12.3 Å². The number of amides is 2. The average Bonchev–Trinajstić information content (AvgIpc) is 3.49. The second kappa shape index (κ2) is 11.2. The van der Waals surface area contributed by atoms with Crippen LogP contribution in [-0.2, 0) is 33.6 Å². The fourth-order valence-corrected chi connectivity index (χ4v) is 5.21. The molecule has 6 nitrogen and oxygen atoms in total. The molecule has 0 radical (unpaired) electrons. The lowest BCUT2D eigenvalue weighted by atomic mass is 10.1. The van der Waals surface area contributed by atoms with Crippen LogP contribution in [-0.4, -0.2) is 36.1 Å². The number of fused-ring (bicyclic) bond motifs is 1. The van der Waals surface area contributed by atoms with Crippen LogP contribution < -0.4 is 9.64 Å². The van der Waals surface area contributed by atoms with E-state index in [0.29, 0.717) is 46.9 Å². The summed E-state index contributed by atoms with van der Waals surface area (Å²) in [5, 5.41) is 1.13. The van der Waals surface area contributed by atoms with Crippen LogP contribution in [0.4, 0.5) is 18.9 Å². The molecule has 0 atom stereocenters. The Bertz CT molecular complexity index is 1290. The number of hydrogen-bond donors (Lipinski definition) is 0. The van der Waals surface area contributed by atoms with Crippen LogP contribution in [0.25, 0.3) is 11.1 Å². The molecule has 38 heavy (non-hydrogen) atoms. The van der Waals surface area contributed by atoms with E-state index in [2.05, 4.69) is 0 Å². The Balaban J connectivity index is 1.41. The molecule has 2 aromatic carbocycles. The van der Waals surface area contributed by atoms with Gasteiger partial charge in [-0.1, -0.05) is 30.3 Å². The van der Waals surface area contributed by atoms with Crippen LogP contribution in [0, 0.1) is 0 Å². The van der Waals surface area contributed by atoms with Gasteiger partial charge in [0, 0.05) is 29.1 Å². The fourth-order valence-electron chi connectivity index (χ4n) is 4.25. The first-order chi connectivity index (χ1) is 17.9. The Morgan fingerprint density at radius 2 is 1.84 bits per heavy atom. The van der Waals surface area contributed by atoms with E-state index >= 15 is 0 Å². The molecule has 0 spiro atoms. The predicted octanol–water partition coefficient (Wildman–Crippen LogP) is 6.48. The third kappa shape index (κ3) is 6.73. The van der Waals surface area contributed by atoms with Crippen LogP contribution in [0.15, 0.2) is 54.6 Å². The van der Waals surface area contributed by atoms with Gasteiger partial charge in [-0.15, -0.1) is 11.3 Å². The second-order valence-corrected chi connectivity index (χ2v) is 11.0. The Hall–Kier alpha value is -3.37. The average molecular weight is 547 g/mol. The summed E-state index contributed by atoms with van der Waals surface area (Å²) >= 11 is 0.681. The topological polar surface area (TPSA) is 59.1 Å². The summed E-state index contributed by atoms with van der Waals surface area (Å²) in [6.45, 7) is 6.08. The number of carbonyl (C=O) groups excluding carboxylic acids is 2. The summed E-state index contributed by atoms with van der Waals surface area (Å²) < 4.78 is 46.8. The normalized spacial score (nSPS) is 13.4. The molecular weight excluding hydrogens is 517 g/mol. The van der Waals surface area contributed by atoms with Crippen molar-refractivity contribution in [1.82, 2.24) is 5.06 Å². The first-order valence-electron chi connectivity index (χ1n) is 12.2. The third-order valence-corrected chi connectivity index (χ3v) is 6.96. The second-order valence-electron chi connectivity index (χ2n) is 9.89. The molecule has 202 valence electrons. The summed E-state index contributed by atoms with van der Waals surface area (Å²) in [5.74, 6) is 0.389. The lowest BCUT2D eigenvalue weighted by Crippen LogP contribution is -2.37. The highest BCUT2D eigenvalue weighted by Crippen LogP contribution is 2.43. The van der Waals surface area contributed by atoms with Crippen molar-refractivity contribution in [3.63, 3.8) is 0 Å². The van der Waals surface area contributed by atoms with Gasteiger partial charge >= 0.3 is 6.18 Å². The lowest BCUT2D eigenvalue weighted by Gasteiger charge is -2.27. The molecule has 1 aliphatic rings. The van der Waals surface area contributed by atoms with E-state index < -0.39 is 16.7 Å². The van der Waals surface area contributed by atoms with Gasteiger partial charge in [-0.05, 0) is 62.6 Å². The van der Waals surface area contributed by atoms with Crippen molar-refractivity contribution in [2.45, 2.75) is 52.0 Å². The van der Waals surface area contributed by atoms with Gasteiger partial charge in [0.05, 0.1) is 12.1 Å². The number of alkyl halides is 3. The zero-order chi connectivity index (χ0) is 27.5. The highest BCUT2D eigenvalue weighted by atomic mass is 32.1. The van der Waals surface area contributed by atoms with Crippen LogP contribution in [0.2, 0.25) is 0 Å². The Morgan fingerprint density at radius 3 is 2.50 bits per heavy atom. The van der Waals surface area contributed by atoms with Crippen molar-refractivity contribution in [1.29, 1.82) is 0 Å². The minimum absolute atomic E-state index is 0.00266. The number of benzene rings is 2. The molecule has 0 saturated heterocycles. The zero-order valence-corrected chi connectivity index (χ0v) is 22.2. The molecular formula is C28H29F3N2O4S. The third-order valence-electron chi connectivity index (χ3n) is 5.81. The fraction of sp³-hybridized carbons (Fsp3) is 0.357. The number of thiophene rings is 1. The van der Waals surface area contributed by atoms with Crippen LogP contribution >= 0.6 is 11.3 Å². The van der Waals surface area contributed by atoms with E-state index in [-0.39, 0.29) is 31.0 Å².